The summed E-state index contributed by atoms with van der Waals surface area (Å²) < 4.78 is 0. The Bertz CT molecular complexity index is 559. The van der Waals surface area contributed by atoms with Gasteiger partial charge in [0, 0.05) is 6.42 Å². The Morgan fingerprint density at radius 1 is 1.11 bits per heavy atom. The van der Waals surface area contributed by atoms with Crippen LogP contribution in [0, 0.1) is 6.92 Å². The number of benzene rings is 2. The van der Waals surface area contributed by atoms with E-state index in [0.29, 0.717) is 6.42 Å². The predicted molar refractivity (Wildman–Crippen MR) is 77.2 cm³/mol. The largest absolute Gasteiger partial charge is 0.481 e. The molecule has 2 heteroatoms. The van der Waals surface area contributed by atoms with Gasteiger partial charge in [-0.15, -0.1) is 0 Å². The summed E-state index contributed by atoms with van der Waals surface area (Å²) in [6, 6.07) is 16.6. The van der Waals surface area contributed by atoms with Crippen molar-refractivity contribution in [3.8, 4) is 11.1 Å². The van der Waals surface area contributed by atoms with E-state index in [2.05, 4.69) is 37.3 Å². The van der Waals surface area contributed by atoms with Gasteiger partial charge >= 0.3 is 5.97 Å². The molecule has 0 aliphatic carbocycles. The molecule has 2 aromatic carbocycles. The highest BCUT2D eigenvalue weighted by Crippen LogP contribution is 2.24. The molecule has 19 heavy (non-hydrogen) atoms. The molecule has 0 aromatic heterocycles. The molecule has 98 valence electrons. The standard InChI is InChI=1S/C17H18O2/c1-13-10-11-14(6-5-9-17(18)19)12-16(13)15-7-3-2-4-8-15/h2-4,7-8,10-12H,5-6,9H2,1H3,(H,18,19). The number of rotatable bonds is 5. The van der Waals surface area contributed by atoms with E-state index in [9.17, 15) is 4.79 Å². The average molecular weight is 254 g/mol. The third-order valence-electron chi connectivity index (χ3n) is 3.24. The highest BCUT2D eigenvalue weighted by molar-refractivity contribution is 5.68. The molecule has 0 unspecified atom stereocenters. The van der Waals surface area contributed by atoms with Gasteiger partial charge in [-0.2, -0.15) is 0 Å². The Balaban J connectivity index is 2.18. The van der Waals surface area contributed by atoms with Crippen molar-refractivity contribution in [3.63, 3.8) is 0 Å². The molecule has 0 radical (unpaired) electrons. The van der Waals surface area contributed by atoms with Crippen molar-refractivity contribution in [1.29, 1.82) is 0 Å². The van der Waals surface area contributed by atoms with E-state index in [1.54, 1.807) is 0 Å². The lowest BCUT2D eigenvalue weighted by molar-refractivity contribution is -0.137. The van der Waals surface area contributed by atoms with E-state index >= 15 is 0 Å². The first-order valence-corrected chi connectivity index (χ1v) is 6.53. The van der Waals surface area contributed by atoms with Gasteiger partial charge in [-0.25, -0.2) is 0 Å². The molecule has 0 heterocycles. The molecule has 0 atom stereocenters. The van der Waals surface area contributed by atoms with Gasteiger partial charge < -0.3 is 5.11 Å². The zero-order chi connectivity index (χ0) is 13.7. The topological polar surface area (TPSA) is 37.3 Å². The second-order valence-electron chi connectivity index (χ2n) is 4.76. The SMILES string of the molecule is Cc1ccc(CCCC(=O)O)cc1-c1ccccc1. The minimum Gasteiger partial charge on any atom is -0.481 e. The van der Waals surface area contributed by atoms with Crippen LogP contribution in [0.25, 0.3) is 11.1 Å². The van der Waals surface area contributed by atoms with Crippen molar-refractivity contribution in [3.05, 3.63) is 59.7 Å². The molecule has 2 nitrogen and oxygen atoms in total. The Kier molecular flexibility index (Phi) is 4.35. The zero-order valence-electron chi connectivity index (χ0n) is 11.1. The maximum atomic E-state index is 10.5. The van der Waals surface area contributed by atoms with Gasteiger partial charge in [0.25, 0.3) is 0 Å². The molecule has 0 aliphatic heterocycles. The molecule has 0 saturated heterocycles. The Morgan fingerprint density at radius 3 is 2.53 bits per heavy atom. The van der Waals surface area contributed by atoms with Gasteiger partial charge in [0.2, 0.25) is 0 Å². The van der Waals surface area contributed by atoms with Gasteiger partial charge in [0.05, 0.1) is 0 Å². The van der Waals surface area contributed by atoms with Gasteiger partial charge in [0.15, 0.2) is 0 Å². The zero-order valence-corrected chi connectivity index (χ0v) is 11.1. The number of hydrogen-bond donors (Lipinski definition) is 1. The van der Waals surface area contributed by atoms with E-state index in [1.807, 2.05) is 18.2 Å². The minimum absolute atomic E-state index is 0.231. The number of carboxylic acid groups (broad SMARTS) is 1. The molecule has 0 saturated carbocycles. The predicted octanol–water partition coefficient (Wildman–Crippen LogP) is 4.07. The van der Waals surface area contributed by atoms with Crippen molar-refractivity contribution >= 4 is 5.97 Å². The van der Waals surface area contributed by atoms with Crippen molar-refractivity contribution in [2.24, 2.45) is 0 Å². The lowest BCUT2D eigenvalue weighted by atomic mass is 9.96. The van der Waals surface area contributed by atoms with Gasteiger partial charge in [-0.05, 0) is 42.0 Å². The molecule has 0 spiro atoms. The third-order valence-corrected chi connectivity index (χ3v) is 3.24. The quantitative estimate of drug-likeness (QED) is 0.873. The molecule has 0 aliphatic rings. The Morgan fingerprint density at radius 2 is 1.84 bits per heavy atom. The van der Waals surface area contributed by atoms with Crippen molar-refractivity contribution < 1.29 is 9.90 Å². The van der Waals surface area contributed by atoms with E-state index in [0.717, 1.165) is 6.42 Å². The molecule has 2 aromatic rings. The van der Waals surface area contributed by atoms with Gasteiger partial charge in [-0.1, -0.05) is 48.5 Å². The molecule has 0 bridgehead atoms. The lowest BCUT2D eigenvalue weighted by Gasteiger charge is -2.09. The van der Waals surface area contributed by atoms with Crippen LogP contribution in [0.15, 0.2) is 48.5 Å². The smallest absolute Gasteiger partial charge is 0.303 e. The number of aryl methyl sites for hydroxylation is 2. The van der Waals surface area contributed by atoms with Gasteiger partial charge in [0.1, 0.15) is 0 Å². The fourth-order valence-electron chi connectivity index (χ4n) is 2.20. The van der Waals surface area contributed by atoms with Crippen LogP contribution in [-0.4, -0.2) is 11.1 Å². The first kappa shape index (κ1) is 13.3. The summed E-state index contributed by atoms with van der Waals surface area (Å²) in [5.74, 6) is -0.726. The summed E-state index contributed by atoms with van der Waals surface area (Å²) in [7, 11) is 0. The van der Waals surface area contributed by atoms with Crippen molar-refractivity contribution in [2.75, 3.05) is 0 Å². The van der Waals surface area contributed by atoms with Crippen LogP contribution in [-0.2, 0) is 11.2 Å². The number of carbonyl (C=O) groups is 1. The number of hydrogen-bond acceptors (Lipinski definition) is 1. The molecule has 2 rings (SSSR count). The van der Waals surface area contributed by atoms with Crippen molar-refractivity contribution in [1.82, 2.24) is 0 Å². The van der Waals surface area contributed by atoms with Crippen LogP contribution in [0.3, 0.4) is 0 Å². The van der Waals surface area contributed by atoms with Gasteiger partial charge in [-0.3, -0.25) is 4.79 Å². The fraction of sp³-hybridized carbons (Fsp3) is 0.235. The highest BCUT2D eigenvalue weighted by atomic mass is 16.4. The van der Waals surface area contributed by atoms with E-state index in [4.69, 9.17) is 5.11 Å². The van der Waals surface area contributed by atoms with Crippen LogP contribution >= 0.6 is 0 Å². The van der Waals surface area contributed by atoms with E-state index < -0.39 is 5.97 Å². The van der Waals surface area contributed by atoms with Crippen LogP contribution < -0.4 is 0 Å². The normalized spacial score (nSPS) is 10.4. The second kappa shape index (κ2) is 6.19. The molecule has 0 fully saturated rings. The van der Waals surface area contributed by atoms with Crippen LogP contribution in [0.5, 0.6) is 0 Å². The number of carboxylic acids is 1. The maximum Gasteiger partial charge on any atom is 0.303 e. The number of aliphatic carboxylic acids is 1. The Hall–Kier alpha value is -2.09. The first-order chi connectivity index (χ1) is 9.16. The summed E-state index contributed by atoms with van der Waals surface area (Å²) in [6.45, 7) is 2.10. The molecule has 0 amide bonds. The fourth-order valence-corrected chi connectivity index (χ4v) is 2.20. The minimum atomic E-state index is -0.726. The maximum absolute atomic E-state index is 10.5. The van der Waals surface area contributed by atoms with Crippen LogP contribution in [0.4, 0.5) is 0 Å². The summed E-state index contributed by atoms with van der Waals surface area (Å²) in [5.41, 5.74) is 4.88. The highest BCUT2D eigenvalue weighted by Gasteiger charge is 2.04. The molecular formula is C17H18O2. The van der Waals surface area contributed by atoms with E-state index in [-0.39, 0.29) is 6.42 Å². The third kappa shape index (κ3) is 3.68. The first-order valence-electron chi connectivity index (χ1n) is 6.53. The summed E-state index contributed by atoms with van der Waals surface area (Å²) in [4.78, 5) is 10.5. The van der Waals surface area contributed by atoms with Crippen molar-refractivity contribution in [2.45, 2.75) is 26.2 Å². The monoisotopic (exact) mass is 254 g/mol. The summed E-state index contributed by atoms with van der Waals surface area (Å²) in [6.07, 6.45) is 1.73. The second-order valence-corrected chi connectivity index (χ2v) is 4.76. The van der Waals surface area contributed by atoms with Crippen LogP contribution in [0.2, 0.25) is 0 Å². The average Bonchev–Trinajstić information content (AvgIpc) is 2.41. The summed E-state index contributed by atoms with van der Waals surface area (Å²) >= 11 is 0. The van der Waals surface area contributed by atoms with Crippen LogP contribution in [0.1, 0.15) is 24.0 Å². The lowest BCUT2D eigenvalue weighted by Crippen LogP contribution is -1.96. The Labute approximate surface area is 113 Å². The van der Waals surface area contributed by atoms with E-state index in [1.165, 1.54) is 22.3 Å². The molecule has 1 N–H and O–H groups in total. The summed E-state index contributed by atoms with van der Waals surface area (Å²) in [5, 5.41) is 8.67. The molecular weight excluding hydrogens is 236 g/mol.